The Balaban J connectivity index is 2.16. The minimum Gasteiger partial charge on any atom is -0.480 e. The maximum atomic E-state index is 12.5. The zero-order valence-corrected chi connectivity index (χ0v) is 18.1. The molecule has 9 nitrogen and oxygen atoms in total. The summed E-state index contributed by atoms with van der Waals surface area (Å²) < 4.78 is -0.831. The van der Waals surface area contributed by atoms with E-state index < -0.39 is 44.5 Å². The maximum Gasteiger partial charge on any atom is 0.327 e. The van der Waals surface area contributed by atoms with Crippen LogP contribution in [0.1, 0.15) is 24.2 Å². The van der Waals surface area contributed by atoms with Crippen molar-refractivity contribution in [2.45, 2.75) is 35.6 Å². The standard InChI is InChI=1S/C15H15Br2N3O6S/c1-15(2,27-17)10(14(23)24)19-11(16)9(13(19)22)18-12(21)7-4-3-5-8(6-7)20(25)26/h3-6,9-11H,1-2H3,(H,18,21)(H,23,24). The Kier molecular flexibility index (Phi) is 6.53. The third-order valence-corrected chi connectivity index (χ3v) is 8.13. The summed E-state index contributed by atoms with van der Waals surface area (Å²) in [7, 11) is 1.13. The third-order valence-electron chi connectivity index (χ3n) is 4.04. The van der Waals surface area contributed by atoms with Gasteiger partial charge in [0.2, 0.25) is 5.91 Å². The number of carbonyl (C=O) groups excluding carboxylic acids is 2. The summed E-state index contributed by atoms with van der Waals surface area (Å²) in [6.07, 6.45) is 0. The van der Waals surface area contributed by atoms with Crippen molar-refractivity contribution in [1.29, 1.82) is 0 Å². The quantitative estimate of drug-likeness (QED) is 0.184. The van der Waals surface area contributed by atoms with Crippen molar-refractivity contribution in [3.8, 4) is 0 Å². The molecule has 2 N–H and O–H groups in total. The number of nitro groups is 1. The Morgan fingerprint density at radius 1 is 1.44 bits per heavy atom. The van der Waals surface area contributed by atoms with Gasteiger partial charge in [-0.25, -0.2) is 4.79 Å². The number of carbonyl (C=O) groups is 3. The number of benzene rings is 1. The first kappa shape index (κ1) is 21.6. The fourth-order valence-corrected chi connectivity index (χ4v) is 4.28. The topological polar surface area (TPSA) is 130 Å². The Bertz CT molecular complexity index is 806. The van der Waals surface area contributed by atoms with E-state index in [1.165, 1.54) is 18.2 Å². The molecule has 2 amide bonds. The van der Waals surface area contributed by atoms with Crippen molar-refractivity contribution >= 4 is 64.4 Å². The molecule has 1 aliphatic rings. The Labute approximate surface area is 174 Å². The van der Waals surface area contributed by atoms with Gasteiger partial charge in [-0.2, -0.15) is 0 Å². The molecule has 0 radical (unpaired) electrons. The smallest absolute Gasteiger partial charge is 0.327 e. The summed E-state index contributed by atoms with van der Waals surface area (Å²) in [5, 5.41) is 22.8. The molecule has 0 saturated carbocycles. The Morgan fingerprint density at radius 3 is 2.56 bits per heavy atom. The van der Waals surface area contributed by atoms with Crippen molar-refractivity contribution in [1.82, 2.24) is 10.2 Å². The largest absolute Gasteiger partial charge is 0.480 e. The molecule has 1 saturated heterocycles. The van der Waals surface area contributed by atoms with E-state index in [1.807, 2.05) is 0 Å². The van der Waals surface area contributed by atoms with Gasteiger partial charge >= 0.3 is 5.97 Å². The minimum absolute atomic E-state index is 0.0290. The van der Waals surface area contributed by atoms with Crippen LogP contribution in [-0.4, -0.2) is 54.5 Å². The van der Waals surface area contributed by atoms with Gasteiger partial charge in [-0.15, -0.1) is 0 Å². The normalized spacial score (nSPS) is 20.6. The predicted molar refractivity (Wildman–Crippen MR) is 106 cm³/mol. The third kappa shape index (κ3) is 4.27. The van der Waals surface area contributed by atoms with E-state index in [9.17, 15) is 29.6 Å². The van der Waals surface area contributed by atoms with Crippen molar-refractivity contribution in [3.63, 3.8) is 0 Å². The first-order valence-electron chi connectivity index (χ1n) is 7.55. The fraction of sp³-hybridized carbons (Fsp3) is 0.400. The van der Waals surface area contributed by atoms with Gasteiger partial charge in [-0.3, -0.25) is 19.7 Å². The van der Waals surface area contributed by atoms with Gasteiger partial charge in [0, 0.05) is 17.7 Å². The van der Waals surface area contributed by atoms with Gasteiger partial charge in [-0.1, -0.05) is 32.2 Å². The van der Waals surface area contributed by atoms with E-state index in [2.05, 4.69) is 36.1 Å². The lowest BCUT2D eigenvalue weighted by atomic mass is 9.95. The van der Waals surface area contributed by atoms with Crippen LogP contribution in [0.5, 0.6) is 0 Å². The first-order valence-corrected chi connectivity index (χ1v) is 11.1. The SMILES string of the molecule is CC(C)(SBr)C(C(=O)O)N1C(=O)C(NC(=O)c2cccc([N+](=O)[O-])c2)C1Br. The van der Waals surface area contributed by atoms with Crippen molar-refractivity contribution in [2.24, 2.45) is 0 Å². The van der Waals surface area contributed by atoms with Gasteiger partial charge in [0.15, 0.2) is 0 Å². The number of likely N-dealkylation sites (tertiary alicyclic amines) is 1. The molecule has 1 fully saturated rings. The van der Waals surface area contributed by atoms with Gasteiger partial charge in [0.05, 0.1) is 9.67 Å². The second-order valence-corrected chi connectivity index (χ2v) is 9.41. The summed E-state index contributed by atoms with van der Waals surface area (Å²) in [4.78, 5) is 47.1. The van der Waals surface area contributed by atoms with Gasteiger partial charge < -0.3 is 15.3 Å². The molecule has 2 rings (SSSR count). The van der Waals surface area contributed by atoms with E-state index in [1.54, 1.807) is 13.8 Å². The molecule has 1 aromatic carbocycles. The number of nitro benzene ring substituents is 1. The number of hydrogen-bond acceptors (Lipinski definition) is 6. The number of hydrogen-bond donors (Lipinski definition) is 2. The first-order chi connectivity index (χ1) is 12.5. The average Bonchev–Trinajstić information content (AvgIpc) is 2.63. The number of nitrogens with zero attached hydrogens (tertiary/aromatic N) is 2. The van der Waals surface area contributed by atoms with Crippen LogP contribution in [-0.2, 0) is 9.59 Å². The second kappa shape index (κ2) is 8.15. The molecule has 12 heteroatoms. The number of non-ortho nitro benzene ring substituents is 1. The van der Waals surface area contributed by atoms with Crippen LogP contribution in [0, 0.1) is 10.1 Å². The monoisotopic (exact) mass is 523 g/mol. The van der Waals surface area contributed by atoms with Gasteiger partial charge in [0.25, 0.3) is 11.6 Å². The van der Waals surface area contributed by atoms with Crippen LogP contribution in [0.4, 0.5) is 5.69 Å². The van der Waals surface area contributed by atoms with Crippen molar-refractivity contribution in [2.75, 3.05) is 0 Å². The van der Waals surface area contributed by atoms with Crippen molar-refractivity contribution < 1.29 is 24.4 Å². The number of amides is 2. The highest BCUT2D eigenvalue weighted by molar-refractivity contribution is 9.50. The summed E-state index contributed by atoms with van der Waals surface area (Å²) in [6, 6.07) is 2.99. The van der Waals surface area contributed by atoms with Gasteiger partial charge in [0.1, 0.15) is 17.0 Å². The number of carboxylic acids is 1. The zero-order valence-electron chi connectivity index (χ0n) is 14.1. The Morgan fingerprint density at radius 2 is 2.07 bits per heavy atom. The van der Waals surface area contributed by atoms with Crippen LogP contribution in [0.3, 0.4) is 0 Å². The lowest BCUT2D eigenvalue weighted by Crippen LogP contribution is -2.74. The molecule has 0 aliphatic carbocycles. The summed E-state index contributed by atoms with van der Waals surface area (Å²) in [5.74, 6) is -2.40. The Hall–Kier alpha value is -1.66. The maximum absolute atomic E-state index is 12.5. The van der Waals surface area contributed by atoms with E-state index in [4.69, 9.17) is 0 Å². The number of aliphatic carboxylic acids is 1. The number of halogens is 2. The van der Waals surface area contributed by atoms with Crippen LogP contribution in [0.2, 0.25) is 0 Å². The predicted octanol–water partition coefficient (Wildman–Crippen LogP) is 2.53. The number of rotatable bonds is 7. The lowest BCUT2D eigenvalue weighted by molar-refractivity contribution is -0.384. The molecule has 0 aromatic heterocycles. The van der Waals surface area contributed by atoms with Crippen LogP contribution >= 0.6 is 40.9 Å². The number of β-lactam (4-membered cyclic amide) rings is 1. The minimum atomic E-state index is -1.17. The molecule has 1 heterocycles. The highest BCUT2D eigenvalue weighted by Gasteiger charge is 2.56. The molecule has 146 valence electrons. The fourth-order valence-electron chi connectivity index (χ4n) is 2.66. The molecular weight excluding hydrogens is 510 g/mol. The number of alkyl halides is 1. The van der Waals surface area contributed by atoms with Crippen LogP contribution in [0.15, 0.2) is 24.3 Å². The van der Waals surface area contributed by atoms with Gasteiger partial charge in [-0.05, 0) is 34.7 Å². The van der Waals surface area contributed by atoms with Crippen LogP contribution < -0.4 is 5.32 Å². The van der Waals surface area contributed by atoms with E-state index in [0.29, 0.717) is 0 Å². The average molecular weight is 525 g/mol. The summed E-state index contributed by atoms with van der Waals surface area (Å²) >= 11 is 6.44. The molecule has 3 atom stereocenters. The second-order valence-electron chi connectivity index (χ2n) is 6.30. The zero-order chi connectivity index (χ0) is 20.5. The molecule has 0 spiro atoms. The number of nitrogens with one attached hydrogen (secondary N) is 1. The van der Waals surface area contributed by atoms with E-state index in [0.717, 1.165) is 21.2 Å². The molecular formula is C15H15Br2N3O6S. The van der Waals surface area contributed by atoms with Crippen LogP contribution in [0.25, 0.3) is 0 Å². The van der Waals surface area contributed by atoms with E-state index in [-0.39, 0.29) is 11.3 Å². The molecule has 0 bridgehead atoms. The molecule has 3 unspecified atom stereocenters. The number of carboxylic acid groups (broad SMARTS) is 1. The summed E-state index contributed by atoms with van der Waals surface area (Å²) in [5.41, 5.74) is -0.220. The molecule has 1 aromatic rings. The highest BCUT2D eigenvalue weighted by atomic mass is 79.9. The molecule has 1 aliphatic heterocycles. The summed E-state index contributed by atoms with van der Waals surface area (Å²) in [6.45, 7) is 3.35. The molecule has 27 heavy (non-hydrogen) atoms. The lowest BCUT2D eigenvalue weighted by Gasteiger charge is -2.50. The highest BCUT2D eigenvalue weighted by Crippen LogP contribution is 2.40. The van der Waals surface area contributed by atoms with Crippen molar-refractivity contribution in [3.05, 3.63) is 39.9 Å². The van der Waals surface area contributed by atoms with E-state index >= 15 is 0 Å².